The highest BCUT2D eigenvalue weighted by Gasteiger charge is 2.25. The van der Waals surface area contributed by atoms with E-state index in [-0.39, 0.29) is 21.3 Å². The van der Waals surface area contributed by atoms with E-state index in [1.54, 1.807) is 39.8 Å². The zero-order valence-electron chi connectivity index (χ0n) is 17.3. The third-order valence-corrected chi connectivity index (χ3v) is 5.91. The highest BCUT2D eigenvalue weighted by molar-refractivity contribution is 7.89. The first kappa shape index (κ1) is 23.8. The number of sulfonamides is 1. The minimum atomic E-state index is -3.84. The first-order chi connectivity index (χ1) is 13.8. The van der Waals surface area contributed by atoms with Crippen LogP contribution in [0.3, 0.4) is 0 Å². The molecule has 1 amide bonds. The fraction of sp³-hybridized carbons (Fsp3) is 0.350. The molecular formula is C20H24ClN3O5S. The molecule has 1 atom stereocenters. The maximum Gasteiger partial charge on any atom is 0.339 e. The number of ether oxygens (including phenoxy) is 1. The number of aromatic nitrogens is 1. The molecule has 0 aliphatic heterocycles. The number of esters is 1. The molecule has 0 saturated carbocycles. The van der Waals surface area contributed by atoms with Gasteiger partial charge in [0.25, 0.3) is 5.91 Å². The number of rotatable bonds is 6. The van der Waals surface area contributed by atoms with E-state index in [0.29, 0.717) is 5.56 Å². The van der Waals surface area contributed by atoms with Crippen molar-refractivity contribution in [1.82, 2.24) is 9.71 Å². The minimum absolute atomic E-state index is 0.0471. The highest BCUT2D eigenvalue weighted by atomic mass is 35.5. The Morgan fingerprint density at radius 1 is 1.20 bits per heavy atom. The second-order valence-corrected chi connectivity index (χ2v) is 9.75. The zero-order valence-corrected chi connectivity index (χ0v) is 18.9. The second kappa shape index (κ2) is 9.11. The molecule has 0 aliphatic rings. The van der Waals surface area contributed by atoms with Crippen molar-refractivity contribution in [3.63, 3.8) is 0 Å². The predicted octanol–water partition coefficient (Wildman–Crippen LogP) is 3.30. The van der Waals surface area contributed by atoms with Crippen LogP contribution >= 0.6 is 11.6 Å². The summed E-state index contributed by atoms with van der Waals surface area (Å²) in [4.78, 5) is 28.7. The van der Waals surface area contributed by atoms with Crippen LogP contribution in [-0.2, 0) is 19.6 Å². The summed E-state index contributed by atoms with van der Waals surface area (Å²) >= 11 is 5.90. The molecule has 0 fully saturated rings. The van der Waals surface area contributed by atoms with E-state index >= 15 is 0 Å². The van der Waals surface area contributed by atoms with E-state index in [4.69, 9.17) is 16.3 Å². The Morgan fingerprint density at radius 2 is 1.87 bits per heavy atom. The van der Waals surface area contributed by atoms with Crippen LogP contribution in [-0.4, -0.2) is 36.9 Å². The van der Waals surface area contributed by atoms with Gasteiger partial charge in [-0.25, -0.2) is 22.9 Å². The molecule has 1 heterocycles. The number of hydrogen-bond donors (Lipinski definition) is 2. The largest absolute Gasteiger partial charge is 0.449 e. The number of nitrogens with zero attached hydrogens (tertiary/aromatic N) is 1. The number of carbonyl (C=O) groups excluding carboxylic acids is 2. The van der Waals surface area contributed by atoms with E-state index in [2.05, 4.69) is 15.0 Å². The summed E-state index contributed by atoms with van der Waals surface area (Å²) in [5.74, 6) is -1.42. The number of hydrogen-bond acceptors (Lipinski definition) is 6. The molecule has 1 aromatic heterocycles. The van der Waals surface area contributed by atoms with Crippen molar-refractivity contribution in [3.8, 4) is 0 Å². The van der Waals surface area contributed by atoms with Crippen LogP contribution in [0.2, 0.25) is 5.15 Å². The lowest BCUT2D eigenvalue weighted by molar-refractivity contribution is -0.123. The van der Waals surface area contributed by atoms with E-state index < -0.39 is 33.5 Å². The van der Waals surface area contributed by atoms with Gasteiger partial charge in [-0.3, -0.25) is 4.79 Å². The summed E-state index contributed by atoms with van der Waals surface area (Å²) < 4.78 is 32.9. The molecule has 0 aliphatic carbocycles. The lowest BCUT2D eigenvalue weighted by atomic mass is 10.1. The Bertz CT molecular complexity index is 1060. The van der Waals surface area contributed by atoms with Gasteiger partial charge in [-0.2, -0.15) is 0 Å². The maximum absolute atomic E-state index is 12.6. The van der Waals surface area contributed by atoms with Gasteiger partial charge in [0.15, 0.2) is 11.3 Å². The van der Waals surface area contributed by atoms with Gasteiger partial charge in [-0.1, -0.05) is 17.7 Å². The molecule has 2 N–H and O–H groups in total. The van der Waals surface area contributed by atoms with Crippen LogP contribution in [0.15, 0.2) is 41.4 Å². The average molecular weight is 454 g/mol. The molecule has 0 spiro atoms. The Labute approximate surface area is 181 Å². The summed E-state index contributed by atoms with van der Waals surface area (Å²) in [7, 11) is -3.84. The predicted molar refractivity (Wildman–Crippen MR) is 114 cm³/mol. The molecule has 8 nitrogen and oxygen atoms in total. The number of amides is 1. The number of carbonyl (C=O) groups is 2. The van der Waals surface area contributed by atoms with Gasteiger partial charge in [-0.15, -0.1) is 0 Å². The zero-order chi connectivity index (χ0) is 22.7. The fourth-order valence-electron chi connectivity index (χ4n) is 2.44. The molecule has 30 heavy (non-hydrogen) atoms. The van der Waals surface area contributed by atoms with Gasteiger partial charge >= 0.3 is 5.97 Å². The van der Waals surface area contributed by atoms with Crippen molar-refractivity contribution >= 4 is 39.2 Å². The first-order valence-corrected chi connectivity index (χ1v) is 10.9. The van der Waals surface area contributed by atoms with Crippen molar-refractivity contribution in [3.05, 3.63) is 52.8 Å². The fourth-order valence-corrected chi connectivity index (χ4v) is 4.05. The standard InChI is InChI=1S/C20H24ClN3O5S/c1-12-8-9-14(30(27,28)24-20(3,4)5)11-15(12)19(26)29-13(2)18(25)23-16-7-6-10-22-17(16)21/h6-11,13,24H,1-5H3,(H,23,25). The second-order valence-electron chi connectivity index (χ2n) is 7.71. The Balaban J connectivity index is 2.18. The average Bonchev–Trinajstić information content (AvgIpc) is 2.61. The van der Waals surface area contributed by atoms with Crippen LogP contribution in [0.5, 0.6) is 0 Å². The minimum Gasteiger partial charge on any atom is -0.449 e. The molecule has 1 aromatic carbocycles. The van der Waals surface area contributed by atoms with Crippen LogP contribution in [0, 0.1) is 6.92 Å². The van der Waals surface area contributed by atoms with Gasteiger partial charge in [-0.05, 0) is 64.4 Å². The third kappa shape index (κ3) is 6.25. The van der Waals surface area contributed by atoms with Crippen LogP contribution < -0.4 is 10.0 Å². The molecule has 162 valence electrons. The molecule has 10 heteroatoms. The van der Waals surface area contributed by atoms with Gasteiger partial charge in [0.1, 0.15) is 0 Å². The van der Waals surface area contributed by atoms with Crippen molar-refractivity contribution in [2.45, 2.75) is 51.2 Å². The molecule has 0 bridgehead atoms. The van der Waals surface area contributed by atoms with E-state index in [1.165, 1.54) is 31.3 Å². The smallest absolute Gasteiger partial charge is 0.339 e. The lowest BCUT2D eigenvalue weighted by Crippen LogP contribution is -2.40. The van der Waals surface area contributed by atoms with E-state index in [1.807, 2.05) is 0 Å². The Kier molecular flexibility index (Phi) is 7.23. The van der Waals surface area contributed by atoms with Gasteiger partial charge in [0.05, 0.1) is 16.1 Å². The van der Waals surface area contributed by atoms with Gasteiger partial charge < -0.3 is 10.1 Å². The Morgan fingerprint density at radius 3 is 2.47 bits per heavy atom. The number of nitrogens with one attached hydrogen (secondary N) is 2. The van der Waals surface area contributed by atoms with Crippen LogP contribution in [0.25, 0.3) is 0 Å². The van der Waals surface area contributed by atoms with Crippen LogP contribution in [0.1, 0.15) is 43.6 Å². The van der Waals surface area contributed by atoms with Crippen molar-refractivity contribution < 1.29 is 22.7 Å². The summed E-state index contributed by atoms with van der Waals surface area (Å²) in [6, 6.07) is 7.30. The van der Waals surface area contributed by atoms with Crippen molar-refractivity contribution in [1.29, 1.82) is 0 Å². The van der Waals surface area contributed by atoms with Crippen molar-refractivity contribution in [2.75, 3.05) is 5.32 Å². The molecule has 0 saturated heterocycles. The lowest BCUT2D eigenvalue weighted by Gasteiger charge is -2.21. The quantitative estimate of drug-likeness (QED) is 0.512. The normalized spacial score (nSPS) is 12.9. The monoisotopic (exact) mass is 453 g/mol. The summed E-state index contributed by atoms with van der Waals surface area (Å²) in [6.45, 7) is 8.17. The summed E-state index contributed by atoms with van der Waals surface area (Å²) in [5, 5.41) is 2.63. The molecule has 1 unspecified atom stereocenters. The number of halogens is 1. The number of pyridine rings is 1. The van der Waals surface area contributed by atoms with Crippen molar-refractivity contribution in [2.24, 2.45) is 0 Å². The number of anilines is 1. The number of aryl methyl sites for hydroxylation is 1. The van der Waals surface area contributed by atoms with Gasteiger partial charge in [0.2, 0.25) is 10.0 Å². The van der Waals surface area contributed by atoms with Gasteiger partial charge in [0, 0.05) is 11.7 Å². The third-order valence-electron chi connectivity index (χ3n) is 3.85. The maximum atomic E-state index is 12.6. The van der Waals surface area contributed by atoms with Crippen LogP contribution in [0.4, 0.5) is 5.69 Å². The summed E-state index contributed by atoms with van der Waals surface area (Å²) in [6.07, 6.45) is 0.320. The molecule has 0 radical (unpaired) electrons. The SMILES string of the molecule is Cc1ccc(S(=O)(=O)NC(C)(C)C)cc1C(=O)OC(C)C(=O)Nc1cccnc1Cl. The summed E-state index contributed by atoms with van der Waals surface area (Å²) in [5.41, 5.74) is 0.151. The molecule has 2 rings (SSSR count). The first-order valence-electron chi connectivity index (χ1n) is 9.07. The molecule has 2 aromatic rings. The van der Waals surface area contributed by atoms with E-state index in [0.717, 1.165) is 0 Å². The topological polar surface area (TPSA) is 114 Å². The highest BCUT2D eigenvalue weighted by Crippen LogP contribution is 2.20. The molecular weight excluding hydrogens is 430 g/mol. The number of benzene rings is 1. The van der Waals surface area contributed by atoms with E-state index in [9.17, 15) is 18.0 Å². The Hall–Kier alpha value is -2.49.